The third kappa shape index (κ3) is 47.6. The van der Waals surface area contributed by atoms with Crippen LogP contribution in [0.5, 0.6) is 0 Å². The molecule has 0 atom stereocenters. The highest BCUT2D eigenvalue weighted by Crippen LogP contribution is 2.16. The predicted molar refractivity (Wildman–Crippen MR) is 91.7 cm³/mol. The summed E-state index contributed by atoms with van der Waals surface area (Å²) in [4.78, 5) is 0. The minimum absolute atomic E-state index is 0.743. The van der Waals surface area contributed by atoms with Crippen LogP contribution in [-0.4, -0.2) is -0.124 Å². The molecule has 0 heterocycles. The van der Waals surface area contributed by atoms with E-state index in [1.807, 2.05) is 0 Å². The molecule has 0 aromatic rings. The first-order valence-corrected chi connectivity index (χ1v) is 8.78. The first kappa shape index (κ1) is 14.9. The van der Waals surface area contributed by atoms with Gasteiger partial charge in [-0.3, -0.25) is 0 Å². The molecule has 0 nitrogen and oxygen atoms in total. The minimum Gasteiger partial charge on any atom is -0.0592 e. The molecular formula is C2H2I6. The molecular weight excluding hydrogens is 785 g/mol. The molecule has 0 fully saturated rings. The van der Waals surface area contributed by atoms with Crippen molar-refractivity contribution in [1.82, 2.24) is 0 Å². The van der Waals surface area contributed by atoms with E-state index >= 15 is 0 Å². The van der Waals surface area contributed by atoms with Crippen molar-refractivity contribution in [1.29, 1.82) is 0 Å². The van der Waals surface area contributed by atoms with Crippen molar-refractivity contribution in [2.45, 2.75) is -0.124 Å². The van der Waals surface area contributed by atoms with Gasteiger partial charge in [-0.05, 0) is 0 Å². The quantitative estimate of drug-likeness (QED) is 0.236. The molecule has 0 aliphatic rings. The Morgan fingerprint density at radius 3 is 0.500 bits per heavy atom. The van der Waals surface area contributed by atoms with Gasteiger partial charge < -0.3 is 0 Å². The molecule has 0 saturated heterocycles. The number of hydrogen-bond acceptors (Lipinski definition) is 0. The predicted octanol–water partition coefficient (Wildman–Crippen LogP) is 5.15. The Morgan fingerprint density at radius 2 is 0.500 bits per heavy atom. The molecule has 0 saturated carbocycles. The Morgan fingerprint density at radius 1 is 0.500 bits per heavy atom. The lowest BCUT2D eigenvalue weighted by molar-refractivity contribution is 2.47. The average molecular weight is 787 g/mol. The van der Waals surface area contributed by atoms with Gasteiger partial charge in [0.1, 0.15) is -0.124 Å². The van der Waals surface area contributed by atoms with Crippen molar-refractivity contribution in [2.75, 3.05) is 0 Å². The van der Waals surface area contributed by atoms with Crippen molar-refractivity contribution in [2.24, 2.45) is 0 Å². The van der Waals surface area contributed by atoms with E-state index in [1.54, 1.807) is 0 Å². The van der Waals surface area contributed by atoms with Crippen LogP contribution in [0.1, 0.15) is 0 Å². The molecule has 0 amide bonds. The van der Waals surface area contributed by atoms with Crippen molar-refractivity contribution < 1.29 is 0 Å². The van der Waals surface area contributed by atoms with Gasteiger partial charge in [-0.15, -0.1) is 0 Å². The monoisotopic (exact) mass is 787 g/mol. The summed E-state index contributed by atoms with van der Waals surface area (Å²) in [6.45, 7) is 0. The van der Waals surface area contributed by atoms with Crippen LogP contribution in [0.2, 0.25) is 0 Å². The Labute approximate surface area is 132 Å². The average Bonchev–Trinajstić information content (AvgIpc) is 1.25. The summed E-state index contributed by atoms with van der Waals surface area (Å²) in [6, 6.07) is 0. The lowest BCUT2D eigenvalue weighted by atomic mass is 12.0. The van der Waals surface area contributed by atoms with Gasteiger partial charge in [-0.1, -0.05) is 136 Å². The summed E-state index contributed by atoms with van der Waals surface area (Å²) in [5.41, 5.74) is 0. The number of hydrogen-bond donors (Lipinski definition) is 0. The normalized spacial score (nSPS) is 9.00. The van der Waals surface area contributed by atoms with Gasteiger partial charge in [-0.2, -0.15) is 0 Å². The molecule has 0 spiro atoms. The molecule has 0 aliphatic heterocycles. The highest BCUT2D eigenvalue weighted by molar-refractivity contribution is 14.3. The Hall–Kier alpha value is 4.38. The number of rotatable bonds is 0. The van der Waals surface area contributed by atoms with E-state index in [0.717, 1.165) is -0.124 Å². The molecule has 0 rings (SSSR count). The van der Waals surface area contributed by atoms with E-state index in [2.05, 4.69) is 136 Å². The fourth-order valence-corrected chi connectivity index (χ4v) is 0. The molecule has 0 bridgehead atoms. The zero-order valence-corrected chi connectivity index (χ0v) is 16.4. The smallest absolute Gasteiger partial charge is 0.0592 e. The lowest BCUT2D eigenvalue weighted by Gasteiger charge is -1.71. The van der Waals surface area contributed by atoms with E-state index in [1.165, 1.54) is 0 Å². The second-order valence-corrected chi connectivity index (χ2v) is 22.3. The minimum atomic E-state index is 0.743. The van der Waals surface area contributed by atoms with E-state index in [4.69, 9.17) is 0 Å². The number of alkyl halides is 6. The zero-order chi connectivity index (χ0) is 7.15. The van der Waals surface area contributed by atoms with Crippen molar-refractivity contribution in [3.05, 3.63) is 0 Å². The Kier molecular flexibility index (Phi) is 21.2. The molecule has 8 heavy (non-hydrogen) atoms. The van der Waals surface area contributed by atoms with Gasteiger partial charge in [0.2, 0.25) is 0 Å². The lowest BCUT2D eigenvalue weighted by Crippen LogP contribution is -1.47. The van der Waals surface area contributed by atoms with Crippen LogP contribution in [0.4, 0.5) is 0 Å². The summed E-state index contributed by atoms with van der Waals surface area (Å²) >= 11 is 13.9. The first-order valence-electron chi connectivity index (χ1n) is 1.31. The van der Waals surface area contributed by atoms with Crippen LogP contribution in [-0.2, 0) is 0 Å². The molecule has 0 unspecified atom stereocenters. The summed E-state index contributed by atoms with van der Waals surface area (Å²) in [6.07, 6.45) is 0. The van der Waals surface area contributed by atoms with Crippen LogP contribution in [0.25, 0.3) is 0 Å². The molecule has 52 valence electrons. The molecule has 0 N–H and O–H groups in total. The maximum Gasteiger partial charge on any atom is 0.114 e. The van der Waals surface area contributed by atoms with E-state index in [9.17, 15) is 0 Å². The SMILES string of the molecule is IC(I)I.IC(I)I. The molecule has 0 aliphatic carbocycles. The molecule has 0 aromatic heterocycles. The van der Waals surface area contributed by atoms with Gasteiger partial charge >= 0.3 is 0 Å². The fourth-order valence-electron chi connectivity index (χ4n) is 0. The third-order valence-electron chi connectivity index (χ3n) is 0. The van der Waals surface area contributed by atoms with Crippen LogP contribution in [0.3, 0.4) is 0 Å². The summed E-state index contributed by atoms with van der Waals surface area (Å²) < 4.78 is 1.49. The highest BCUT2D eigenvalue weighted by Gasteiger charge is 1.77. The van der Waals surface area contributed by atoms with Crippen molar-refractivity contribution >= 4 is 136 Å². The molecule has 6 heteroatoms. The van der Waals surface area contributed by atoms with Crippen molar-refractivity contribution in [3.63, 3.8) is 0 Å². The maximum absolute atomic E-state index is 2.32. The second-order valence-electron chi connectivity index (χ2n) is 0.495. The van der Waals surface area contributed by atoms with Gasteiger partial charge in [0.05, 0.1) is 0 Å². The second kappa shape index (κ2) is 11.4. The van der Waals surface area contributed by atoms with Crippen LogP contribution in [0.15, 0.2) is 0 Å². The standard InChI is InChI=1S/2CHI3/c2*2-1(3)4/h2*1H. The van der Waals surface area contributed by atoms with Crippen molar-refractivity contribution in [3.8, 4) is 0 Å². The van der Waals surface area contributed by atoms with E-state index in [0.29, 0.717) is 0 Å². The number of halogens is 6. The zero-order valence-electron chi connectivity index (χ0n) is 3.42. The fraction of sp³-hybridized carbons (Fsp3) is 1.00. The maximum atomic E-state index is 2.32. The van der Waals surface area contributed by atoms with Gasteiger partial charge in [0, 0.05) is 0 Å². The van der Waals surface area contributed by atoms with Gasteiger partial charge in [0.25, 0.3) is 0 Å². The highest BCUT2D eigenvalue weighted by atomic mass is 127. The van der Waals surface area contributed by atoms with Crippen LogP contribution in [0, 0.1) is 0 Å². The summed E-state index contributed by atoms with van der Waals surface area (Å²) in [5.74, 6) is 0. The molecule has 0 aromatic carbocycles. The topological polar surface area (TPSA) is 0 Å². The van der Waals surface area contributed by atoms with E-state index in [-0.39, 0.29) is 0 Å². The molecule has 0 radical (unpaired) electrons. The van der Waals surface area contributed by atoms with E-state index < -0.39 is 0 Å². The van der Waals surface area contributed by atoms with Gasteiger partial charge in [-0.25, -0.2) is 0 Å². The first-order chi connectivity index (χ1) is 3.46. The van der Waals surface area contributed by atoms with Crippen LogP contribution < -0.4 is 0 Å². The Bertz CT molecular complexity index is 22.0. The summed E-state index contributed by atoms with van der Waals surface area (Å²) in [7, 11) is 0. The largest absolute Gasteiger partial charge is 0.114 e. The third-order valence-corrected chi connectivity index (χ3v) is 0. The van der Waals surface area contributed by atoms with Gasteiger partial charge in [0.15, 0.2) is 0 Å². The van der Waals surface area contributed by atoms with Crippen LogP contribution >= 0.6 is 136 Å². The Balaban J connectivity index is 0. The summed E-state index contributed by atoms with van der Waals surface area (Å²) in [5, 5.41) is 0.